The van der Waals surface area contributed by atoms with Gasteiger partial charge in [0.05, 0.1) is 38.3 Å². The highest BCUT2D eigenvalue weighted by Gasteiger charge is 2.34. The number of carbonyl (C=O) groups is 1. The predicted octanol–water partition coefficient (Wildman–Crippen LogP) is 2.61. The molecule has 0 fully saturated rings. The van der Waals surface area contributed by atoms with Crippen LogP contribution in [0, 0.1) is 20.2 Å². The third-order valence-corrected chi connectivity index (χ3v) is 6.30. The van der Waals surface area contributed by atoms with Crippen LogP contribution in [-0.4, -0.2) is 27.0 Å². The number of non-ortho nitro benzene ring substituents is 2. The Labute approximate surface area is 201 Å². The van der Waals surface area contributed by atoms with Gasteiger partial charge in [0.2, 0.25) is 0 Å². The summed E-state index contributed by atoms with van der Waals surface area (Å²) < 4.78 is 6.81. The van der Waals surface area contributed by atoms with Crippen molar-refractivity contribution in [1.29, 1.82) is 0 Å². The molecule has 35 heavy (non-hydrogen) atoms. The normalized spacial score (nSPS) is 15.4. The fourth-order valence-electron chi connectivity index (χ4n) is 3.76. The number of aromatic nitrogens is 1. The quantitative estimate of drug-likeness (QED) is 0.291. The monoisotopic (exact) mass is 494 g/mol. The molecule has 1 atom stereocenters. The van der Waals surface area contributed by atoms with Crippen LogP contribution in [0.4, 0.5) is 11.4 Å². The maximum absolute atomic E-state index is 13.5. The molecule has 2 aromatic carbocycles. The van der Waals surface area contributed by atoms with E-state index in [-0.39, 0.29) is 28.1 Å². The van der Waals surface area contributed by atoms with Crippen molar-refractivity contribution in [2.45, 2.75) is 19.9 Å². The number of carbonyl (C=O) groups excluding carboxylic acids is 1. The summed E-state index contributed by atoms with van der Waals surface area (Å²) in [5, 5.41) is 22.3. The molecular formula is C23H18N4O7S. The predicted molar refractivity (Wildman–Crippen MR) is 127 cm³/mol. The molecule has 1 aromatic heterocycles. The number of nitro benzene ring substituents is 2. The summed E-state index contributed by atoms with van der Waals surface area (Å²) in [4.78, 5) is 52.3. The number of rotatable bonds is 6. The van der Waals surface area contributed by atoms with Crippen LogP contribution >= 0.6 is 11.3 Å². The Bertz CT molecular complexity index is 1570. The van der Waals surface area contributed by atoms with Gasteiger partial charge in [0.25, 0.3) is 16.9 Å². The van der Waals surface area contributed by atoms with Crippen molar-refractivity contribution in [3.05, 3.63) is 111 Å². The van der Waals surface area contributed by atoms with E-state index in [0.29, 0.717) is 21.6 Å². The van der Waals surface area contributed by atoms with Crippen molar-refractivity contribution in [1.82, 2.24) is 4.57 Å². The highest BCUT2D eigenvalue weighted by molar-refractivity contribution is 7.07. The second-order valence-corrected chi connectivity index (χ2v) is 8.51. The molecule has 0 unspecified atom stereocenters. The zero-order valence-electron chi connectivity index (χ0n) is 18.5. The number of benzene rings is 2. The van der Waals surface area contributed by atoms with Gasteiger partial charge in [-0.25, -0.2) is 9.79 Å². The first kappa shape index (κ1) is 23.7. The minimum atomic E-state index is -0.982. The second-order valence-electron chi connectivity index (χ2n) is 7.50. The van der Waals surface area contributed by atoms with Gasteiger partial charge in [-0.2, -0.15) is 0 Å². The third-order valence-electron chi connectivity index (χ3n) is 5.32. The maximum atomic E-state index is 13.5. The molecule has 178 valence electrons. The van der Waals surface area contributed by atoms with E-state index in [4.69, 9.17) is 4.74 Å². The molecule has 0 radical (unpaired) electrons. The Morgan fingerprint density at radius 3 is 2.46 bits per heavy atom. The van der Waals surface area contributed by atoms with Crippen LogP contribution in [-0.2, 0) is 9.53 Å². The van der Waals surface area contributed by atoms with Gasteiger partial charge < -0.3 is 4.74 Å². The molecule has 3 aromatic rings. The third kappa shape index (κ3) is 4.51. The first-order valence-corrected chi connectivity index (χ1v) is 11.2. The highest BCUT2D eigenvalue weighted by Crippen LogP contribution is 2.32. The van der Waals surface area contributed by atoms with Crippen LogP contribution < -0.4 is 14.9 Å². The van der Waals surface area contributed by atoms with Crippen molar-refractivity contribution in [2.24, 2.45) is 4.99 Å². The smallest absolute Gasteiger partial charge is 0.338 e. The molecule has 1 aliphatic rings. The van der Waals surface area contributed by atoms with E-state index in [2.05, 4.69) is 4.99 Å². The number of hydrogen-bond donors (Lipinski definition) is 0. The van der Waals surface area contributed by atoms with E-state index in [1.165, 1.54) is 47.0 Å². The van der Waals surface area contributed by atoms with Gasteiger partial charge in [0.15, 0.2) is 4.80 Å². The van der Waals surface area contributed by atoms with Crippen LogP contribution in [0.5, 0.6) is 0 Å². The zero-order valence-corrected chi connectivity index (χ0v) is 19.4. The highest BCUT2D eigenvalue weighted by atomic mass is 32.1. The van der Waals surface area contributed by atoms with Gasteiger partial charge in [-0.3, -0.25) is 29.6 Å². The fraction of sp³-hybridized carbons (Fsp3) is 0.174. The van der Waals surface area contributed by atoms with Crippen LogP contribution in [0.2, 0.25) is 0 Å². The molecule has 0 saturated carbocycles. The number of nitro groups is 2. The Balaban J connectivity index is 1.93. The summed E-state index contributed by atoms with van der Waals surface area (Å²) in [7, 11) is 0. The molecule has 0 saturated heterocycles. The summed E-state index contributed by atoms with van der Waals surface area (Å²) in [5.74, 6) is -0.671. The summed E-state index contributed by atoms with van der Waals surface area (Å²) in [5.41, 5.74) is 0.647. The summed E-state index contributed by atoms with van der Waals surface area (Å²) in [6, 6.07) is 10.4. The van der Waals surface area contributed by atoms with E-state index in [9.17, 15) is 29.8 Å². The minimum Gasteiger partial charge on any atom is -0.463 e. The molecule has 1 aliphatic heterocycles. The first-order valence-electron chi connectivity index (χ1n) is 10.4. The van der Waals surface area contributed by atoms with Gasteiger partial charge >= 0.3 is 5.97 Å². The van der Waals surface area contributed by atoms with Crippen LogP contribution in [0.25, 0.3) is 6.08 Å². The van der Waals surface area contributed by atoms with Crippen molar-refractivity contribution in [2.75, 3.05) is 6.61 Å². The van der Waals surface area contributed by atoms with E-state index in [1.807, 2.05) is 0 Å². The fourth-order valence-corrected chi connectivity index (χ4v) is 4.81. The Kier molecular flexibility index (Phi) is 6.38. The topological polar surface area (TPSA) is 147 Å². The van der Waals surface area contributed by atoms with Crippen molar-refractivity contribution in [3.8, 4) is 0 Å². The van der Waals surface area contributed by atoms with Gasteiger partial charge in [0, 0.05) is 24.3 Å². The molecule has 0 bridgehead atoms. The number of allylic oxidation sites excluding steroid dienone is 1. The summed E-state index contributed by atoms with van der Waals surface area (Å²) in [6.07, 6.45) is 1.57. The summed E-state index contributed by atoms with van der Waals surface area (Å²) >= 11 is 1.08. The lowest BCUT2D eigenvalue weighted by molar-refractivity contribution is -0.385. The van der Waals surface area contributed by atoms with E-state index in [0.717, 1.165) is 11.3 Å². The molecule has 0 spiro atoms. The lowest BCUT2D eigenvalue weighted by atomic mass is 9.95. The zero-order chi connectivity index (χ0) is 25.3. The number of hydrogen-bond acceptors (Lipinski definition) is 9. The molecule has 2 heterocycles. The van der Waals surface area contributed by atoms with E-state index in [1.54, 1.807) is 26.0 Å². The van der Waals surface area contributed by atoms with Crippen LogP contribution in [0.3, 0.4) is 0 Å². The van der Waals surface area contributed by atoms with Gasteiger partial charge in [0.1, 0.15) is 0 Å². The maximum Gasteiger partial charge on any atom is 0.338 e. The lowest BCUT2D eigenvalue weighted by Crippen LogP contribution is -2.39. The largest absolute Gasteiger partial charge is 0.463 e. The number of thiazole rings is 1. The Morgan fingerprint density at radius 1 is 1.14 bits per heavy atom. The Hall–Kier alpha value is -4.45. The standard InChI is InChI=1S/C23H18N4O7S/c1-3-34-22(29)19-13(2)24-23-25(20(19)15-5-4-6-17(12-15)27(32)33)21(28)18(35-23)11-14-7-9-16(10-8-14)26(30)31/h4-12,20H,3H2,1-2H3/b18-11+/t20-/m1/s1. The molecule has 0 aliphatic carbocycles. The van der Waals surface area contributed by atoms with E-state index >= 15 is 0 Å². The van der Waals surface area contributed by atoms with Crippen molar-refractivity contribution in [3.63, 3.8) is 0 Å². The second kappa shape index (κ2) is 9.43. The van der Waals surface area contributed by atoms with Gasteiger partial charge in [-0.15, -0.1) is 0 Å². The van der Waals surface area contributed by atoms with Crippen LogP contribution in [0.1, 0.15) is 31.0 Å². The van der Waals surface area contributed by atoms with E-state index < -0.39 is 27.4 Å². The number of ether oxygens (including phenoxy) is 1. The molecule has 0 N–H and O–H groups in total. The number of fused-ring (bicyclic) bond motifs is 1. The Morgan fingerprint density at radius 2 is 1.83 bits per heavy atom. The van der Waals surface area contributed by atoms with Crippen molar-refractivity contribution < 1.29 is 19.4 Å². The number of nitrogens with zero attached hydrogens (tertiary/aromatic N) is 4. The molecular weight excluding hydrogens is 476 g/mol. The molecule has 12 heteroatoms. The van der Waals surface area contributed by atoms with Crippen LogP contribution in [0.15, 0.2) is 69.6 Å². The average Bonchev–Trinajstić information content (AvgIpc) is 3.13. The molecule has 4 rings (SSSR count). The lowest BCUT2D eigenvalue weighted by Gasteiger charge is -2.24. The van der Waals surface area contributed by atoms with Gasteiger partial charge in [-0.1, -0.05) is 23.5 Å². The molecule has 0 amide bonds. The molecule has 11 nitrogen and oxygen atoms in total. The summed E-state index contributed by atoms with van der Waals surface area (Å²) in [6.45, 7) is 3.36. The average molecular weight is 494 g/mol. The van der Waals surface area contributed by atoms with Gasteiger partial charge in [-0.05, 0) is 43.2 Å². The first-order chi connectivity index (χ1) is 16.7. The SMILES string of the molecule is CCOC(=O)C1=C(C)N=c2s/c(=C/c3ccc([N+](=O)[O-])cc3)c(=O)n2[C@@H]1c1cccc([N+](=O)[O-])c1. The number of esters is 1. The van der Waals surface area contributed by atoms with Crippen molar-refractivity contribution >= 4 is 34.8 Å². The minimum absolute atomic E-state index is 0.0796.